The Hall–Kier alpha value is -1.39. The molecular formula is C22H36IN5O2. The van der Waals surface area contributed by atoms with E-state index in [4.69, 9.17) is 10.5 Å². The zero-order valence-electron chi connectivity index (χ0n) is 18.2. The van der Waals surface area contributed by atoms with Gasteiger partial charge in [0.2, 0.25) is 5.91 Å². The number of piperidine rings is 1. The molecule has 0 bridgehead atoms. The summed E-state index contributed by atoms with van der Waals surface area (Å²) in [6.07, 6.45) is 2.56. The van der Waals surface area contributed by atoms with Gasteiger partial charge in [-0.25, -0.2) is 0 Å². The Kier molecular flexibility index (Phi) is 10.3. The highest BCUT2D eigenvalue weighted by Crippen LogP contribution is 2.23. The molecule has 7 nitrogen and oxygen atoms in total. The summed E-state index contributed by atoms with van der Waals surface area (Å²) in [4.78, 5) is 20.6. The zero-order valence-corrected chi connectivity index (χ0v) is 20.5. The Morgan fingerprint density at radius 3 is 2.77 bits per heavy atom. The molecular weight excluding hydrogens is 493 g/mol. The van der Waals surface area contributed by atoms with Crippen molar-refractivity contribution in [3.63, 3.8) is 0 Å². The van der Waals surface area contributed by atoms with E-state index in [0.717, 1.165) is 64.7 Å². The standard InChI is InChI=1S/C22H35N5O2.HI/c1-17-5-3-7-19(13-17)20(26-9-11-29-12-10-26)15-25-22(24-2)27-8-4-6-18(16-27)14-21(23)28;/h3,5,7,13,18,20H,4,6,8-12,14-16H2,1-2H3,(H2,23,28)(H,24,25);1H. The van der Waals surface area contributed by atoms with Crippen LogP contribution in [-0.2, 0) is 9.53 Å². The lowest BCUT2D eigenvalue weighted by Crippen LogP contribution is -2.50. The maximum atomic E-state index is 11.3. The molecule has 0 aliphatic carbocycles. The number of aliphatic imine (C=N–C) groups is 1. The molecule has 0 saturated carbocycles. The normalized spacial score (nSPS) is 21.6. The quantitative estimate of drug-likeness (QED) is 0.335. The number of halogens is 1. The number of guanidine groups is 1. The summed E-state index contributed by atoms with van der Waals surface area (Å²) in [6.45, 7) is 8.13. The number of benzene rings is 1. The average Bonchev–Trinajstić information content (AvgIpc) is 2.72. The van der Waals surface area contributed by atoms with Crippen molar-refractivity contribution in [3.05, 3.63) is 35.4 Å². The fourth-order valence-electron chi connectivity index (χ4n) is 4.45. The smallest absolute Gasteiger partial charge is 0.217 e. The van der Waals surface area contributed by atoms with Crippen molar-refractivity contribution in [3.8, 4) is 0 Å². The molecule has 8 heteroatoms. The van der Waals surface area contributed by atoms with Gasteiger partial charge in [0, 0.05) is 46.2 Å². The molecule has 1 aromatic rings. The molecule has 3 rings (SSSR count). The molecule has 2 aliphatic heterocycles. The van der Waals surface area contributed by atoms with Crippen LogP contribution >= 0.6 is 24.0 Å². The molecule has 2 unspecified atom stereocenters. The van der Waals surface area contributed by atoms with Crippen LogP contribution in [0.3, 0.4) is 0 Å². The van der Waals surface area contributed by atoms with Crippen molar-refractivity contribution >= 4 is 35.8 Å². The van der Waals surface area contributed by atoms with Crippen molar-refractivity contribution in [1.82, 2.24) is 15.1 Å². The number of nitrogens with zero attached hydrogens (tertiary/aromatic N) is 3. The summed E-state index contributed by atoms with van der Waals surface area (Å²) in [7, 11) is 1.83. The number of aryl methyl sites for hydroxylation is 1. The van der Waals surface area contributed by atoms with Gasteiger partial charge in [-0.05, 0) is 31.2 Å². The molecule has 2 saturated heterocycles. The van der Waals surface area contributed by atoms with Crippen LogP contribution in [0.5, 0.6) is 0 Å². The van der Waals surface area contributed by atoms with E-state index in [0.29, 0.717) is 12.3 Å². The van der Waals surface area contributed by atoms with Crippen molar-refractivity contribution < 1.29 is 9.53 Å². The average molecular weight is 529 g/mol. The summed E-state index contributed by atoms with van der Waals surface area (Å²) in [6, 6.07) is 9.02. The molecule has 2 heterocycles. The maximum absolute atomic E-state index is 11.3. The van der Waals surface area contributed by atoms with Gasteiger partial charge in [-0.3, -0.25) is 14.7 Å². The summed E-state index contributed by atoms with van der Waals surface area (Å²) in [5.74, 6) is 1.00. The largest absolute Gasteiger partial charge is 0.379 e. The number of nitrogens with two attached hydrogens (primary N) is 1. The molecule has 1 aromatic carbocycles. The van der Waals surface area contributed by atoms with E-state index >= 15 is 0 Å². The highest BCUT2D eigenvalue weighted by molar-refractivity contribution is 14.0. The van der Waals surface area contributed by atoms with Gasteiger partial charge in [0.15, 0.2) is 5.96 Å². The van der Waals surface area contributed by atoms with E-state index in [-0.39, 0.29) is 35.9 Å². The second kappa shape index (κ2) is 12.5. The van der Waals surface area contributed by atoms with Gasteiger partial charge in [-0.15, -0.1) is 24.0 Å². The number of ether oxygens (including phenoxy) is 1. The molecule has 3 N–H and O–H groups in total. The van der Waals surface area contributed by atoms with Gasteiger partial charge < -0.3 is 20.7 Å². The van der Waals surface area contributed by atoms with Gasteiger partial charge in [-0.1, -0.05) is 29.8 Å². The molecule has 2 atom stereocenters. The van der Waals surface area contributed by atoms with Crippen LogP contribution in [0.1, 0.15) is 36.4 Å². The Morgan fingerprint density at radius 2 is 2.10 bits per heavy atom. The van der Waals surface area contributed by atoms with E-state index < -0.39 is 0 Å². The predicted octanol–water partition coefficient (Wildman–Crippen LogP) is 2.15. The number of rotatable bonds is 6. The molecule has 1 amide bonds. The van der Waals surface area contributed by atoms with E-state index in [2.05, 4.69) is 51.3 Å². The third-order valence-electron chi connectivity index (χ3n) is 5.89. The second-order valence-electron chi connectivity index (χ2n) is 8.13. The number of nitrogens with one attached hydrogen (secondary N) is 1. The van der Waals surface area contributed by atoms with Gasteiger partial charge in [0.1, 0.15) is 0 Å². The van der Waals surface area contributed by atoms with Crippen molar-refractivity contribution in [1.29, 1.82) is 0 Å². The SMILES string of the molecule is CN=C(NCC(c1cccc(C)c1)N1CCOCC1)N1CCCC(CC(N)=O)C1.I. The lowest BCUT2D eigenvalue weighted by molar-refractivity contribution is -0.119. The zero-order chi connectivity index (χ0) is 20.6. The Morgan fingerprint density at radius 1 is 1.33 bits per heavy atom. The molecule has 0 radical (unpaired) electrons. The lowest BCUT2D eigenvalue weighted by Gasteiger charge is -2.38. The van der Waals surface area contributed by atoms with E-state index in [9.17, 15) is 4.79 Å². The topological polar surface area (TPSA) is 83.2 Å². The molecule has 2 fully saturated rings. The second-order valence-corrected chi connectivity index (χ2v) is 8.13. The van der Waals surface area contributed by atoms with Crippen LogP contribution in [-0.4, -0.2) is 74.7 Å². The third-order valence-corrected chi connectivity index (χ3v) is 5.89. The summed E-state index contributed by atoms with van der Waals surface area (Å²) >= 11 is 0. The van der Waals surface area contributed by atoms with Crippen molar-refractivity contribution in [2.75, 3.05) is 53.0 Å². The highest BCUT2D eigenvalue weighted by Gasteiger charge is 2.26. The minimum Gasteiger partial charge on any atom is -0.379 e. The van der Waals surface area contributed by atoms with Crippen LogP contribution in [0.25, 0.3) is 0 Å². The fraction of sp³-hybridized carbons (Fsp3) is 0.636. The third kappa shape index (κ3) is 7.09. The number of hydrogen-bond donors (Lipinski definition) is 2. The lowest BCUT2D eigenvalue weighted by atomic mass is 9.95. The number of likely N-dealkylation sites (tertiary alicyclic amines) is 1. The minimum absolute atomic E-state index is 0. The monoisotopic (exact) mass is 529 g/mol. The van der Waals surface area contributed by atoms with E-state index in [1.807, 2.05) is 7.05 Å². The Balaban J connectivity index is 0.00000320. The molecule has 30 heavy (non-hydrogen) atoms. The van der Waals surface area contributed by atoms with Crippen LogP contribution in [0, 0.1) is 12.8 Å². The predicted molar refractivity (Wildman–Crippen MR) is 131 cm³/mol. The summed E-state index contributed by atoms with van der Waals surface area (Å²) in [5, 5.41) is 3.61. The van der Waals surface area contributed by atoms with Crippen LogP contribution in [0.15, 0.2) is 29.3 Å². The van der Waals surface area contributed by atoms with Crippen LogP contribution in [0.2, 0.25) is 0 Å². The minimum atomic E-state index is -0.216. The Bertz CT molecular complexity index is 709. The molecule has 168 valence electrons. The number of primary amides is 1. The molecule has 0 spiro atoms. The number of amides is 1. The first kappa shape index (κ1) is 24.9. The van der Waals surface area contributed by atoms with Crippen molar-refractivity contribution in [2.45, 2.75) is 32.2 Å². The number of carbonyl (C=O) groups excluding carboxylic acids is 1. The van der Waals surface area contributed by atoms with Crippen LogP contribution in [0.4, 0.5) is 0 Å². The fourth-order valence-corrected chi connectivity index (χ4v) is 4.45. The number of morpholine rings is 1. The molecule has 0 aromatic heterocycles. The van der Waals surface area contributed by atoms with Crippen LogP contribution < -0.4 is 11.1 Å². The van der Waals surface area contributed by atoms with Crippen molar-refractivity contribution in [2.24, 2.45) is 16.6 Å². The number of hydrogen-bond acceptors (Lipinski definition) is 4. The summed E-state index contributed by atoms with van der Waals surface area (Å²) in [5.41, 5.74) is 8.01. The summed E-state index contributed by atoms with van der Waals surface area (Å²) < 4.78 is 5.56. The van der Waals surface area contributed by atoms with Gasteiger partial charge >= 0.3 is 0 Å². The first-order valence-corrected chi connectivity index (χ1v) is 10.7. The first-order valence-electron chi connectivity index (χ1n) is 10.7. The van der Waals surface area contributed by atoms with Gasteiger partial charge in [-0.2, -0.15) is 0 Å². The highest BCUT2D eigenvalue weighted by atomic mass is 127. The number of carbonyl (C=O) groups is 1. The van der Waals surface area contributed by atoms with Gasteiger partial charge in [0.05, 0.1) is 19.3 Å². The first-order chi connectivity index (χ1) is 14.1. The molecule has 2 aliphatic rings. The Labute approximate surface area is 197 Å². The van der Waals surface area contributed by atoms with Gasteiger partial charge in [0.25, 0.3) is 0 Å². The van der Waals surface area contributed by atoms with E-state index in [1.54, 1.807) is 0 Å². The maximum Gasteiger partial charge on any atom is 0.217 e. The van der Waals surface area contributed by atoms with E-state index in [1.165, 1.54) is 11.1 Å².